The van der Waals surface area contributed by atoms with E-state index in [0.29, 0.717) is 5.95 Å². The van der Waals surface area contributed by atoms with E-state index in [1.807, 2.05) is 31.7 Å². The molecule has 0 unspecified atom stereocenters. The minimum Gasteiger partial charge on any atom is -0.492 e. The predicted octanol–water partition coefficient (Wildman–Crippen LogP) is 1.88. The average molecular weight is 244 g/mol. The van der Waals surface area contributed by atoms with Gasteiger partial charge in [0.2, 0.25) is 11.8 Å². The number of benzene rings is 1. The normalized spacial score (nSPS) is 12.6. The van der Waals surface area contributed by atoms with Crippen LogP contribution < -0.4 is 10.2 Å². The highest BCUT2D eigenvalue weighted by Gasteiger charge is 2.23. The van der Waals surface area contributed by atoms with Gasteiger partial charge in [0.05, 0.1) is 11.4 Å². The number of aromatic nitrogens is 2. The Morgan fingerprint density at radius 2 is 2.17 bits per heavy atom. The number of nitrogens with one attached hydrogen (secondary N) is 1. The van der Waals surface area contributed by atoms with Crippen LogP contribution in [-0.2, 0) is 6.54 Å². The Kier molecular flexibility index (Phi) is 2.23. The molecule has 3 rings (SSSR count). The number of fused-ring (bicyclic) bond motifs is 3. The molecule has 0 spiro atoms. The highest BCUT2D eigenvalue weighted by Crippen LogP contribution is 2.35. The molecule has 18 heavy (non-hydrogen) atoms. The summed E-state index contributed by atoms with van der Waals surface area (Å²) in [6, 6.07) is 6.18. The molecule has 0 radical (unpaired) electrons. The maximum absolute atomic E-state index is 9.73. The molecule has 5 nitrogen and oxygen atoms in total. The van der Waals surface area contributed by atoms with Gasteiger partial charge in [0.1, 0.15) is 0 Å². The Morgan fingerprint density at radius 3 is 2.89 bits per heavy atom. The molecule has 1 aromatic heterocycles. The number of nitrogens with zero attached hydrogens (tertiary/aromatic N) is 3. The molecule has 2 heterocycles. The van der Waals surface area contributed by atoms with Crippen LogP contribution in [0.4, 0.5) is 11.6 Å². The van der Waals surface area contributed by atoms with Gasteiger partial charge < -0.3 is 15.3 Å². The smallest absolute Gasteiger partial charge is 0.234 e. The lowest BCUT2D eigenvalue weighted by Crippen LogP contribution is -2.20. The molecule has 0 amide bonds. The number of imidazole rings is 1. The molecule has 0 atom stereocenters. The van der Waals surface area contributed by atoms with E-state index in [9.17, 15) is 5.11 Å². The maximum Gasteiger partial charge on any atom is 0.234 e. The van der Waals surface area contributed by atoms with E-state index in [1.165, 1.54) is 11.3 Å². The third-order valence-electron chi connectivity index (χ3n) is 3.36. The number of hydrogen-bond acceptors (Lipinski definition) is 4. The van der Waals surface area contributed by atoms with Crippen LogP contribution in [0.2, 0.25) is 0 Å². The fourth-order valence-corrected chi connectivity index (χ4v) is 2.44. The van der Waals surface area contributed by atoms with Crippen LogP contribution in [0.1, 0.15) is 11.3 Å². The van der Waals surface area contributed by atoms with Crippen LogP contribution >= 0.6 is 0 Å². The minimum atomic E-state index is 0.0839. The van der Waals surface area contributed by atoms with Crippen molar-refractivity contribution in [2.75, 3.05) is 24.3 Å². The van der Waals surface area contributed by atoms with Crippen molar-refractivity contribution >= 4 is 11.6 Å². The van der Waals surface area contributed by atoms with Crippen LogP contribution in [0.15, 0.2) is 18.2 Å². The van der Waals surface area contributed by atoms with E-state index in [-0.39, 0.29) is 5.88 Å². The SMILES string of the molecule is Cc1c(O)nc2n1-c1cccc(N(C)C)c1CN2. The third kappa shape index (κ3) is 1.37. The molecule has 0 saturated heterocycles. The van der Waals surface area contributed by atoms with E-state index in [2.05, 4.69) is 27.3 Å². The molecule has 94 valence electrons. The fourth-order valence-electron chi connectivity index (χ4n) is 2.44. The molecule has 0 aliphatic carbocycles. The summed E-state index contributed by atoms with van der Waals surface area (Å²) in [5.41, 5.74) is 4.24. The van der Waals surface area contributed by atoms with Crippen LogP contribution in [-0.4, -0.2) is 28.8 Å². The summed E-state index contributed by atoms with van der Waals surface area (Å²) in [4.78, 5) is 6.21. The first-order chi connectivity index (χ1) is 8.59. The Morgan fingerprint density at radius 1 is 1.39 bits per heavy atom. The summed E-state index contributed by atoms with van der Waals surface area (Å²) in [6.45, 7) is 2.59. The summed E-state index contributed by atoms with van der Waals surface area (Å²) >= 11 is 0. The average Bonchev–Trinajstić information content (AvgIpc) is 2.64. The Balaban J connectivity index is 2.28. The lowest BCUT2D eigenvalue weighted by atomic mass is 10.1. The predicted molar refractivity (Wildman–Crippen MR) is 71.6 cm³/mol. The summed E-state index contributed by atoms with van der Waals surface area (Å²) in [6.07, 6.45) is 0. The number of rotatable bonds is 1. The molecule has 0 saturated carbocycles. The van der Waals surface area contributed by atoms with Gasteiger partial charge in [-0.15, -0.1) is 0 Å². The Labute approximate surface area is 106 Å². The van der Waals surface area contributed by atoms with Crippen LogP contribution in [0.25, 0.3) is 5.69 Å². The number of aromatic hydroxyl groups is 1. The van der Waals surface area contributed by atoms with Crippen LogP contribution in [0, 0.1) is 6.92 Å². The first-order valence-corrected chi connectivity index (χ1v) is 5.91. The van der Waals surface area contributed by atoms with Crippen LogP contribution in [0.5, 0.6) is 5.88 Å². The Bertz CT molecular complexity index is 616. The van der Waals surface area contributed by atoms with Crippen molar-refractivity contribution in [3.05, 3.63) is 29.5 Å². The fraction of sp³-hybridized carbons (Fsp3) is 0.308. The van der Waals surface area contributed by atoms with Crippen molar-refractivity contribution < 1.29 is 5.11 Å². The second kappa shape index (κ2) is 3.66. The van der Waals surface area contributed by atoms with Crippen LogP contribution in [0.3, 0.4) is 0 Å². The zero-order chi connectivity index (χ0) is 12.9. The van der Waals surface area contributed by atoms with Gasteiger partial charge in [0, 0.05) is 31.9 Å². The third-order valence-corrected chi connectivity index (χ3v) is 3.36. The topological polar surface area (TPSA) is 53.3 Å². The van der Waals surface area contributed by atoms with Gasteiger partial charge >= 0.3 is 0 Å². The summed E-state index contributed by atoms with van der Waals surface area (Å²) in [5, 5.41) is 13.0. The molecule has 1 aromatic carbocycles. The van der Waals surface area contributed by atoms with Gasteiger partial charge in [0.15, 0.2) is 0 Å². The van der Waals surface area contributed by atoms with E-state index in [0.717, 1.165) is 17.9 Å². The Hall–Kier alpha value is -2.17. The minimum absolute atomic E-state index is 0.0839. The molecule has 2 N–H and O–H groups in total. The first kappa shape index (κ1) is 11.0. The van der Waals surface area contributed by atoms with Crippen molar-refractivity contribution in [1.29, 1.82) is 0 Å². The molecule has 1 aliphatic heterocycles. The quantitative estimate of drug-likeness (QED) is 0.804. The second-order valence-corrected chi connectivity index (χ2v) is 4.70. The largest absolute Gasteiger partial charge is 0.492 e. The lowest BCUT2D eigenvalue weighted by Gasteiger charge is -2.26. The molecule has 5 heteroatoms. The van der Waals surface area contributed by atoms with Crippen molar-refractivity contribution in [3.63, 3.8) is 0 Å². The molecule has 2 aromatic rings. The zero-order valence-electron chi connectivity index (χ0n) is 10.7. The van der Waals surface area contributed by atoms with Crippen molar-refractivity contribution in [3.8, 4) is 11.6 Å². The molecule has 1 aliphatic rings. The number of anilines is 2. The molecular formula is C13H16N4O. The standard InChI is InChI=1S/C13H16N4O/c1-8-12(18)15-13-14-7-9-10(16(2)3)5-4-6-11(9)17(8)13/h4-6,18H,7H2,1-3H3,(H,14,15). The number of hydrogen-bond donors (Lipinski definition) is 2. The van der Waals surface area contributed by atoms with Crippen molar-refractivity contribution in [2.24, 2.45) is 0 Å². The zero-order valence-corrected chi connectivity index (χ0v) is 10.7. The van der Waals surface area contributed by atoms with E-state index in [4.69, 9.17) is 0 Å². The van der Waals surface area contributed by atoms with E-state index >= 15 is 0 Å². The van der Waals surface area contributed by atoms with E-state index in [1.54, 1.807) is 0 Å². The summed E-state index contributed by atoms with van der Waals surface area (Å²) in [7, 11) is 4.06. The molecule has 0 bridgehead atoms. The highest BCUT2D eigenvalue weighted by molar-refractivity contribution is 5.67. The second-order valence-electron chi connectivity index (χ2n) is 4.70. The van der Waals surface area contributed by atoms with Gasteiger partial charge in [-0.1, -0.05) is 6.07 Å². The van der Waals surface area contributed by atoms with Gasteiger partial charge in [0.25, 0.3) is 0 Å². The van der Waals surface area contributed by atoms with E-state index < -0.39 is 0 Å². The molecular weight excluding hydrogens is 228 g/mol. The summed E-state index contributed by atoms with van der Waals surface area (Å²) < 4.78 is 1.96. The molecule has 0 fully saturated rings. The maximum atomic E-state index is 9.73. The van der Waals surface area contributed by atoms with Gasteiger partial charge in [-0.25, -0.2) is 0 Å². The lowest BCUT2D eigenvalue weighted by molar-refractivity contribution is 0.452. The highest BCUT2D eigenvalue weighted by atomic mass is 16.3. The van der Waals surface area contributed by atoms with Crippen molar-refractivity contribution in [2.45, 2.75) is 13.5 Å². The van der Waals surface area contributed by atoms with Gasteiger partial charge in [-0.3, -0.25) is 4.57 Å². The first-order valence-electron chi connectivity index (χ1n) is 5.91. The van der Waals surface area contributed by atoms with Crippen molar-refractivity contribution in [1.82, 2.24) is 9.55 Å². The summed E-state index contributed by atoms with van der Waals surface area (Å²) in [5.74, 6) is 0.786. The monoisotopic (exact) mass is 244 g/mol. The van der Waals surface area contributed by atoms with Gasteiger partial charge in [-0.05, 0) is 19.1 Å². The van der Waals surface area contributed by atoms with Gasteiger partial charge in [-0.2, -0.15) is 4.98 Å².